The molecule has 0 unspecified atom stereocenters. The Morgan fingerprint density at radius 3 is 2.94 bits per heavy atom. The maximum absolute atomic E-state index is 13.1. The van der Waals surface area contributed by atoms with Crippen LogP contribution in [-0.2, 0) is 4.79 Å². The van der Waals surface area contributed by atoms with Gasteiger partial charge in [0, 0.05) is 18.3 Å². The highest BCUT2D eigenvalue weighted by Gasteiger charge is 2.01. The second-order valence-electron chi connectivity index (χ2n) is 3.68. The number of benzene rings is 1. The Hall–Kier alpha value is -1.84. The monoisotopic (exact) mass is 237 g/mol. The van der Waals surface area contributed by atoms with Crippen LogP contribution in [0, 0.1) is 5.82 Å². The van der Waals surface area contributed by atoms with Crippen molar-refractivity contribution in [2.45, 2.75) is 19.8 Å². The minimum absolute atomic E-state index is 0.337. The second-order valence-corrected chi connectivity index (χ2v) is 3.68. The third-order valence-electron chi connectivity index (χ3n) is 2.27. The fourth-order valence-corrected chi connectivity index (χ4v) is 1.39. The van der Waals surface area contributed by atoms with Gasteiger partial charge in [0.1, 0.15) is 5.82 Å². The molecular weight excluding hydrogens is 221 g/mol. The molecule has 0 aliphatic carbocycles. The molecule has 4 heteroatoms. The third kappa shape index (κ3) is 4.68. The lowest BCUT2D eigenvalue weighted by atomic mass is 10.1. The van der Waals surface area contributed by atoms with Crippen molar-refractivity contribution < 1.29 is 14.3 Å². The van der Waals surface area contributed by atoms with Gasteiger partial charge in [-0.25, -0.2) is 9.18 Å². The van der Waals surface area contributed by atoms with Gasteiger partial charge in [-0.3, -0.25) is 0 Å². The number of carboxylic acids is 1. The van der Waals surface area contributed by atoms with E-state index in [9.17, 15) is 9.18 Å². The lowest BCUT2D eigenvalue weighted by molar-refractivity contribution is -0.131. The summed E-state index contributed by atoms with van der Waals surface area (Å²) in [4.78, 5) is 10.4. The van der Waals surface area contributed by atoms with E-state index in [1.807, 2.05) is 0 Å². The lowest BCUT2D eigenvalue weighted by Gasteiger charge is -2.09. The average Bonchev–Trinajstić information content (AvgIpc) is 2.28. The van der Waals surface area contributed by atoms with E-state index in [0.29, 0.717) is 11.3 Å². The minimum Gasteiger partial charge on any atom is -0.478 e. The lowest BCUT2D eigenvalue weighted by Crippen LogP contribution is -2.03. The smallest absolute Gasteiger partial charge is 0.328 e. The zero-order valence-electron chi connectivity index (χ0n) is 9.74. The van der Waals surface area contributed by atoms with E-state index in [2.05, 4.69) is 12.2 Å². The van der Waals surface area contributed by atoms with E-state index >= 15 is 0 Å². The van der Waals surface area contributed by atoms with Gasteiger partial charge in [0.15, 0.2) is 0 Å². The average molecular weight is 237 g/mol. The summed E-state index contributed by atoms with van der Waals surface area (Å²) in [7, 11) is 0. The van der Waals surface area contributed by atoms with E-state index in [-0.39, 0.29) is 5.82 Å². The maximum Gasteiger partial charge on any atom is 0.328 e. The first-order valence-electron chi connectivity index (χ1n) is 5.58. The predicted octanol–water partition coefficient (Wildman–Crippen LogP) is 3.14. The molecule has 0 aliphatic rings. The molecule has 1 aromatic carbocycles. The van der Waals surface area contributed by atoms with Crippen LogP contribution in [0.4, 0.5) is 10.1 Å². The van der Waals surface area contributed by atoms with Crippen LogP contribution < -0.4 is 5.32 Å². The van der Waals surface area contributed by atoms with Crippen LogP contribution in [0.5, 0.6) is 0 Å². The quantitative estimate of drug-likeness (QED) is 0.590. The summed E-state index contributed by atoms with van der Waals surface area (Å²) in [6, 6.07) is 4.24. The number of hydrogen-bond donors (Lipinski definition) is 2. The molecule has 1 aromatic rings. The van der Waals surface area contributed by atoms with Crippen LogP contribution in [0.2, 0.25) is 0 Å². The Bertz CT molecular complexity index is 416. The molecule has 92 valence electrons. The highest BCUT2D eigenvalue weighted by molar-refractivity contribution is 5.86. The van der Waals surface area contributed by atoms with Gasteiger partial charge in [0.05, 0.1) is 0 Å². The number of halogens is 1. The maximum atomic E-state index is 13.1. The molecule has 0 saturated heterocycles. The number of nitrogens with one attached hydrogen (secondary N) is 1. The first kappa shape index (κ1) is 13.2. The van der Waals surface area contributed by atoms with Crippen molar-refractivity contribution in [2.24, 2.45) is 0 Å². The van der Waals surface area contributed by atoms with Crippen molar-refractivity contribution in [2.75, 3.05) is 11.9 Å². The molecule has 2 N–H and O–H groups in total. The van der Waals surface area contributed by atoms with E-state index in [1.165, 1.54) is 18.2 Å². The molecular formula is C13H16FNO2. The fourth-order valence-electron chi connectivity index (χ4n) is 1.39. The van der Waals surface area contributed by atoms with E-state index < -0.39 is 5.97 Å². The second kappa shape index (κ2) is 6.68. The number of unbranched alkanes of at least 4 members (excludes halogenated alkanes) is 1. The van der Waals surface area contributed by atoms with Crippen LogP contribution in [0.15, 0.2) is 24.3 Å². The number of aliphatic carboxylic acids is 1. The predicted molar refractivity (Wildman–Crippen MR) is 66.5 cm³/mol. The van der Waals surface area contributed by atoms with Crippen molar-refractivity contribution in [3.05, 3.63) is 35.7 Å². The van der Waals surface area contributed by atoms with Crippen LogP contribution in [0.25, 0.3) is 6.08 Å². The van der Waals surface area contributed by atoms with Crippen molar-refractivity contribution >= 4 is 17.7 Å². The van der Waals surface area contributed by atoms with Gasteiger partial charge in [-0.15, -0.1) is 0 Å². The molecule has 0 bridgehead atoms. The highest BCUT2D eigenvalue weighted by Crippen LogP contribution is 2.18. The van der Waals surface area contributed by atoms with Gasteiger partial charge in [0.25, 0.3) is 0 Å². The van der Waals surface area contributed by atoms with E-state index in [4.69, 9.17) is 5.11 Å². The Morgan fingerprint density at radius 2 is 2.29 bits per heavy atom. The molecule has 0 aromatic heterocycles. The van der Waals surface area contributed by atoms with Gasteiger partial charge in [0.2, 0.25) is 0 Å². The molecule has 0 atom stereocenters. The molecule has 3 nitrogen and oxygen atoms in total. The van der Waals surface area contributed by atoms with Gasteiger partial charge in [-0.1, -0.05) is 13.3 Å². The summed E-state index contributed by atoms with van der Waals surface area (Å²) in [5.41, 5.74) is 1.29. The van der Waals surface area contributed by atoms with Crippen LogP contribution in [-0.4, -0.2) is 17.6 Å². The number of carbonyl (C=O) groups is 1. The van der Waals surface area contributed by atoms with Crippen molar-refractivity contribution in [1.29, 1.82) is 0 Å². The highest BCUT2D eigenvalue weighted by atomic mass is 19.1. The van der Waals surface area contributed by atoms with Crippen LogP contribution >= 0.6 is 0 Å². The molecule has 0 amide bonds. The normalized spacial score (nSPS) is 10.7. The molecule has 1 rings (SSSR count). The number of rotatable bonds is 6. The van der Waals surface area contributed by atoms with Crippen molar-refractivity contribution in [3.8, 4) is 0 Å². The van der Waals surface area contributed by atoms with Crippen molar-refractivity contribution in [3.63, 3.8) is 0 Å². The van der Waals surface area contributed by atoms with Crippen molar-refractivity contribution in [1.82, 2.24) is 0 Å². The summed E-state index contributed by atoms with van der Waals surface area (Å²) in [5.74, 6) is -1.36. The SMILES string of the molecule is CCCCNc1cc(F)ccc1/C=C/C(=O)O. The third-order valence-corrected chi connectivity index (χ3v) is 2.27. The van der Waals surface area contributed by atoms with Gasteiger partial charge in [-0.2, -0.15) is 0 Å². The molecule has 0 saturated carbocycles. The Labute approximate surface area is 100.0 Å². The first-order chi connectivity index (χ1) is 8.13. The van der Waals surface area contributed by atoms with Gasteiger partial charge < -0.3 is 10.4 Å². The molecule has 17 heavy (non-hydrogen) atoms. The summed E-state index contributed by atoms with van der Waals surface area (Å²) >= 11 is 0. The number of hydrogen-bond acceptors (Lipinski definition) is 2. The Balaban J connectivity index is 2.83. The Morgan fingerprint density at radius 1 is 1.53 bits per heavy atom. The van der Waals surface area contributed by atoms with Gasteiger partial charge >= 0.3 is 5.97 Å². The molecule has 0 fully saturated rings. The number of carboxylic acid groups (broad SMARTS) is 1. The first-order valence-corrected chi connectivity index (χ1v) is 5.58. The topological polar surface area (TPSA) is 49.3 Å². The largest absolute Gasteiger partial charge is 0.478 e. The summed E-state index contributed by atoms with van der Waals surface area (Å²) in [5, 5.41) is 11.6. The zero-order chi connectivity index (χ0) is 12.7. The van der Waals surface area contributed by atoms with Crippen LogP contribution in [0.1, 0.15) is 25.3 Å². The Kier molecular flexibility index (Phi) is 5.20. The fraction of sp³-hybridized carbons (Fsp3) is 0.308. The van der Waals surface area contributed by atoms with E-state index in [1.54, 1.807) is 6.07 Å². The number of anilines is 1. The zero-order valence-corrected chi connectivity index (χ0v) is 9.74. The molecule has 0 spiro atoms. The summed E-state index contributed by atoms with van der Waals surface area (Å²) in [6.07, 6.45) is 4.52. The van der Waals surface area contributed by atoms with Gasteiger partial charge in [-0.05, 0) is 36.3 Å². The standard InChI is InChI=1S/C13H16FNO2/c1-2-3-8-15-12-9-11(14)6-4-10(12)5-7-13(16)17/h4-7,9,15H,2-3,8H2,1H3,(H,16,17)/b7-5+. The minimum atomic E-state index is -1.02. The van der Waals surface area contributed by atoms with Crippen LogP contribution in [0.3, 0.4) is 0 Å². The summed E-state index contributed by atoms with van der Waals surface area (Å²) < 4.78 is 13.1. The molecule has 0 heterocycles. The summed E-state index contributed by atoms with van der Waals surface area (Å²) in [6.45, 7) is 2.81. The van der Waals surface area contributed by atoms with E-state index in [0.717, 1.165) is 25.5 Å². The molecule has 0 radical (unpaired) electrons. The molecule has 0 aliphatic heterocycles.